The summed E-state index contributed by atoms with van der Waals surface area (Å²) < 4.78 is 2.51. The van der Waals surface area contributed by atoms with Crippen molar-refractivity contribution in [3.05, 3.63) is 76.8 Å². The van der Waals surface area contributed by atoms with Gasteiger partial charge < -0.3 is 0 Å². The summed E-state index contributed by atoms with van der Waals surface area (Å²) in [5, 5.41) is 6.77. The molecule has 0 fully saturated rings. The van der Waals surface area contributed by atoms with Crippen LogP contribution in [0, 0.1) is 4.77 Å². The van der Waals surface area contributed by atoms with Crippen LogP contribution in [0.4, 0.5) is 0 Å². The number of nitrogens with zero attached hydrogens (tertiary/aromatic N) is 2. The van der Waals surface area contributed by atoms with Gasteiger partial charge in [-0.05, 0) is 35.8 Å². The van der Waals surface area contributed by atoms with Crippen molar-refractivity contribution in [3.63, 3.8) is 0 Å². The number of para-hydroxylation sites is 1. The number of aromatic amines is 1. The first-order valence-electron chi connectivity index (χ1n) is 6.09. The summed E-state index contributed by atoms with van der Waals surface area (Å²) in [5.41, 5.74) is 3.58. The number of hydrogen-bond acceptors (Lipinski definition) is 2. The minimum absolute atomic E-state index is 0.612. The Morgan fingerprint density at radius 3 is 2.47 bits per heavy atom. The van der Waals surface area contributed by atoms with Gasteiger partial charge in [-0.15, -0.1) is 0 Å². The maximum atomic E-state index is 5.24. The van der Waals surface area contributed by atoms with Gasteiger partial charge in [0.05, 0.1) is 5.69 Å². The van der Waals surface area contributed by atoms with Crippen LogP contribution in [0.5, 0.6) is 0 Å². The summed E-state index contributed by atoms with van der Waals surface area (Å²) in [5.74, 6) is 0. The fourth-order valence-electron chi connectivity index (χ4n) is 2.13. The lowest BCUT2D eigenvalue weighted by molar-refractivity contribution is 0.998. The molecule has 0 unspecified atom stereocenters. The molecule has 19 heavy (non-hydrogen) atoms. The molecule has 0 radical (unpaired) electrons. The number of benzene rings is 2. The highest BCUT2D eigenvalue weighted by Gasteiger charge is 2.06. The van der Waals surface area contributed by atoms with Gasteiger partial charge >= 0.3 is 0 Å². The van der Waals surface area contributed by atoms with E-state index in [1.54, 1.807) is 6.33 Å². The lowest BCUT2D eigenvalue weighted by Crippen LogP contribution is -1.99. The van der Waals surface area contributed by atoms with E-state index in [-0.39, 0.29) is 0 Å². The van der Waals surface area contributed by atoms with Gasteiger partial charge in [-0.25, -0.2) is 0 Å². The molecule has 2 aromatic carbocycles. The molecule has 1 aromatic heterocycles. The van der Waals surface area contributed by atoms with Gasteiger partial charge in [-0.2, -0.15) is 5.10 Å². The Morgan fingerprint density at radius 1 is 1.00 bits per heavy atom. The fourth-order valence-corrected chi connectivity index (χ4v) is 2.33. The summed E-state index contributed by atoms with van der Waals surface area (Å²) in [6.45, 7) is 0. The Balaban J connectivity index is 2.04. The van der Waals surface area contributed by atoms with Crippen LogP contribution in [0.25, 0.3) is 5.69 Å². The first-order chi connectivity index (χ1) is 9.34. The monoisotopic (exact) mass is 267 g/mol. The van der Waals surface area contributed by atoms with Crippen LogP contribution >= 0.6 is 12.2 Å². The SMILES string of the molecule is S=c1[nH]ncn1-c1ccccc1Cc1ccccc1. The lowest BCUT2D eigenvalue weighted by Gasteiger charge is -2.09. The second-order valence-corrected chi connectivity index (χ2v) is 4.71. The van der Waals surface area contributed by atoms with E-state index < -0.39 is 0 Å². The highest BCUT2D eigenvalue weighted by Crippen LogP contribution is 2.18. The predicted octanol–water partition coefficient (Wildman–Crippen LogP) is 3.52. The molecule has 94 valence electrons. The molecule has 1 heterocycles. The van der Waals surface area contributed by atoms with Crippen molar-refractivity contribution < 1.29 is 0 Å². The first-order valence-corrected chi connectivity index (χ1v) is 6.49. The highest BCUT2D eigenvalue weighted by molar-refractivity contribution is 7.71. The third-order valence-corrected chi connectivity index (χ3v) is 3.33. The molecule has 0 aliphatic rings. The Labute approximate surface area is 116 Å². The van der Waals surface area contributed by atoms with Gasteiger partial charge in [0.2, 0.25) is 0 Å². The Kier molecular flexibility index (Phi) is 3.25. The van der Waals surface area contributed by atoms with Crippen LogP contribution in [0.1, 0.15) is 11.1 Å². The molecule has 0 saturated heterocycles. The van der Waals surface area contributed by atoms with E-state index in [9.17, 15) is 0 Å². The zero-order valence-electron chi connectivity index (χ0n) is 10.3. The van der Waals surface area contributed by atoms with Crippen LogP contribution in [0.2, 0.25) is 0 Å². The molecule has 0 atom stereocenters. The molecular weight excluding hydrogens is 254 g/mol. The standard InChI is InChI=1S/C15H13N3S/c19-15-17-16-11-18(15)14-9-5-4-8-13(14)10-12-6-2-1-3-7-12/h1-9,11H,10H2,(H,17,19). The van der Waals surface area contributed by atoms with E-state index in [1.807, 2.05) is 22.8 Å². The van der Waals surface area contributed by atoms with E-state index in [4.69, 9.17) is 12.2 Å². The quantitative estimate of drug-likeness (QED) is 0.737. The Morgan fingerprint density at radius 2 is 1.74 bits per heavy atom. The van der Waals surface area contributed by atoms with E-state index in [1.165, 1.54) is 11.1 Å². The van der Waals surface area contributed by atoms with Crippen molar-refractivity contribution in [1.82, 2.24) is 14.8 Å². The molecule has 3 nitrogen and oxygen atoms in total. The van der Waals surface area contributed by atoms with Gasteiger partial charge in [-0.3, -0.25) is 9.67 Å². The second kappa shape index (κ2) is 5.20. The average molecular weight is 267 g/mol. The molecule has 0 bridgehead atoms. The van der Waals surface area contributed by atoms with E-state index >= 15 is 0 Å². The maximum Gasteiger partial charge on any atom is 0.199 e. The molecule has 0 amide bonds. The first kappa shape index (κ1) is 11.9. The maximum absolute atomic E-state index is 5.24. The topological polar surface area (TPSA) is 33.6 Å². The Hall–Kier alpha value is -2.20. The van der Waals surface area contributed by atoms with E-state index in [2.05, 4.69) is 46.6 Å². The molecule has 4 heteroatoms. The second-order valence-electron chi connectivity index (χ2n) is 4.32. The predicted molar refractivity (Wildman–Crippen MR) is 78.0 cm³/mol. The summed E-state index contributed by atoms with van der Waals surface area (Å²) in [4.78, 5) is 0. The van der Waals surface area contributed by atoms with Crippen molar-refractivity contribution in [1.29, 1.82) is 0 Å². The van der Waals surface area contributed by atoms with Crippen molar-refractivity contribution in [3.8, 4) is 5.69 Å². The van der Waals surface area contributed by atoms with Crippen molar-refractivity contribution in [2.45, 2.75) is 6.42 Å². The average Bonchev–Trinajstić information content (AvgIpc) is 2.87. The lowest BCUT2D eigenvalue weighted by atomic mass is 10.0. The molecule has 1 N–H and O–H groups in total. The molecule has 0 aliphatic carbocycles. The van der Waals surface area contributed by atoms with Crippen LogP contribution in [-0.4, -0.2) is 14.8 Å². The molecule has 0 spiro atoms. The van der Waals surface area contributed by atoms with Gasteiger partial charge in [0.25, 0.3) is 0 Å². The molecular formula is C15H13N3S. The minimum Gasteiger partial charge on any atom is -0.274 e. The highest BCUT2D eigenvalue weighted by atomic mass is 32.1. The fraction of sp³-hybridized carbons (Fsp3) is 0.0667. The van der Waals surface area contributed by atoms with Crippen LogP contribution < -0.4 is 0 Å². The normalized spacial score (nSPS) is 10.5. The third kappa shape index (κ3) is 2.48. The van der Waals surface area contributed by atoms with Crippen LogP contribution in [0.15, 0.2) is 60.9 Å². The Bertz CT molecular complexity index is 728. The minimum atomic E-state index is 0.612. The molecule has 3 aromatic rings. The number of aromatic nitrogens is 3. The molecule has 0 aliphatic heterocycles. The molecule has 3 rings (SSSR count). The van der Waals surface area contributed by atoms with Gasteiger partial charge in [0.15, 0.2) is 4.77 Å². The molecule has 0 saturated carbocycles. The van der Waals surface area contributed by atoms with Crippen molar-refractivity contribution in [2.24, 2.45) is 0 Å². The summed E-state index contributed by atoms with van der Waals surface area (Å²) in [6, 6.07) is 18.6. The van der Waals surface area contributed by atoms with Crippen molar-refractivity contribution >= 4 is 12.2 Å². The number of H-pyrrole nitrogens is 1. The van der Waals surface area contributed by atoms with E-state index in [0.717, 1.165) is 12.1 Å². The number of nitrogens with one attached hydrogen (secondary N) is 1. The summed E-state index contributed by atoms with van der Waals surface area (Å²) in [6.07, 6.45) is 2.59. The zero-order valence-corrected chi connectivity index (χ0v) is 11.1. The smallest absolute Gasteiger partial charge is 0.199 e. The van der Waals surface area contributed by atoms with Gasteiger partial charge in [0, 0.05) is 0 Å². The third-order valence-electron chi connectivity index (χ3n) is 3.04. The zero-order chi connectivity index (χ0) is 13.1. The number of rotatable bonds is 3. The van der Waals surface area contributed by atoms with Crippen molar-refractivity contribution in [2.75, 3.05) is 0 Å². The largest absolute Gasteiger partial charge is 0.274 e. The summed E-state index contributed by atoms with van der Waals surface area (Å²) in [7, 11) is 0. The number of hydrogen-bond donors (Lipinski definition) is 1. The van der Waals surface area contributed by atoms with Crippen LogP contribution in [-0.2, 0) is 6.42 Å². The van der Waals surface area contributed by atoms with Crippen LogP contribution in [0.3, 0.4) is 0 Å². The van der Waals surface area contributed by atoms with Gasteiger partial charge in [0.1, 0.15) is 6.33 Å². The van der Waals surface area contributed by atoms with E-state index in [0.29, 0.717) is 4.77 Å². The summed E-state index contributed by atoms with van der Waals surface area (Å²) >= 11 is 5.24. The van der Waals surface area contributed by atoms with Gasteiger partial charge in [-0.1, -0.05) is 48.5 Å².